The van der Waals surface area contributed by atoms with Crippen LogP contribution < -0.4 is 9.64 Å². The third-order valence-electron chi connectivity index (χ3n) is 3.08. The molecule has 1 fully saturated rings. The Hall–Kier alpha value is -1.92. The van der Waals surface area contributed by atoms with E-state index >= 15 is 0 Å². The number of aromatic nitrogens is 3. The SMILES string of the molecule is Clc1nc(OCc2ccccc2)nc(N2CCOCC2)n1. The lowest BCUT2D eigenvalue weighted by atomic mass is 10.2. The van der Waals surface area contributed by atoms with Gasteiger partial charge < -0.3 is 14.4 Å². The third kappa shape index (κ3) is 3.80. The first-order valence-electron chi connectivity index (χ1n) is 6.72. The molecule has 0 saturated carbocycles. The van der Waals surface area contributed by atoms with Crippen LogP contribution >= 0.6 is 11.6 Å². The normalized spacial score (nSPS) is 15.0. The molecule has 21 heavy (non-hydrogen) atoms. The molecule has 6 nitrogen and oxygen atoms in total. The number of hydrogen-bond acceptors (Lipinski definition) is 6. The molecule has 0 bridgehead atoms. The number of benzene rings is 1. The molecule has 2 heterocycles. The molecule has 0 radical (unpaired) electrons. The van der Waals surface area contributed by atoms with Crippen molar-refractivity contribution in [3.05, 3.63) is 41.2 Å². The number of ether oxygens (including phenoxy) is 2. The molecule has 1 aliphatic rings. The van der Waals surface area contributed by atoms with Crippen molar-refractivity contribution in [3.63, 3.8) is 0 Å². The minimum Gasteiger partial charge on any atom is -0.458 e. The first kappa shape index (κ1) is 14.0. The first-order valence-corrected chi connectivity index (χ1v) is 7.10. The zero-order valence-corrected chi connectivity index (χ0v) is 12.2. The van der Waals surface area contributed by atoms with Gasteiger partial charge in [0.05, 0.1) is 13.2 Å². The molecule has 0 amide bonds. The van der Waals surface area contributed by atoms with Crippen molar-refractivity contribution >= 4 is 17.5 Å². The number of morpholine rings is 1. The maximum absolute atomic E-state index is 5.95. The summed E-state index contributed by atoms with van der Waals surface area (Å²) in [4.78, 5) is 14.5. The Morgan fingerprint density at radius 2 is 1.86 bits per heavy atom. The maximum Gasteiger partial charge on any atom is 0.322 e. The van der Waals surface area contributed by atoms with Crippen molar-refractivity contribution in [2.75, 3.05) is 31.2 Å². The van der Waals surface area contributed by atoms with Crippen LogP contribution in [-0.4, -0.2) is 41.3 Å². The molecule has 1 aromatic carbocycles. The molecule has 0 N–H and O–H groups in total. The highest BCUT2D eigenvalue weighted by atomic mass is 35.5. The maximum atomic E-state index is 5.95. The molecule has 1 aliphatic heterocycles. The second-order valence-electron chi connectivity index (χ2n) is 4.56. The van der Waals surface area contributed by atoms with Crippen molar-refractivity contribution in [1.82, 2.24) is 15.0 Å². The van der Waals surface area contributed by atoms with Crippen molar-refractivity contribution < 1.29 is 9.47 Å². The van der Waals surface area contributed by atoms with Gasteiger partial charge in [-0.3, -0.25) is 0 Å². The Balaban J connectivity index is 1.71. The van der Waals surface area contributed by atoms with Gasteiger partial charge in [0, 0.05) is 13.1 Å². The summed E-state index contributed by atoms with van der Waals surface area (Å²) in [6, 6.07) is 10.1. The number of hydrogen-bond donors (Lipinski definition) is 0. The van der Waals surface area contributed by atoms with Gasteiger partial charge in [-0.25, -0.2) is 0 Å². The van der Waals surface area contributed by atoms with E-state index in [1.165, 1.54) is 0 Å². The molecule has 7 heteroatoms. The fourth-order valence-corrected chi connectivity index (χ4v) is 2.16. The largest absolute Gasteiger partial charge is 0.458 e. The van der Waals surface area contributed by atoms with Crippen molar-refractivity contribution in [3.8, 4) is 6.01 Å². The fourth-order valence-electron chi connectivity index (χ4n) is 2.01. The smallest absolute Gasteiger partial charge is 0.322 e. The van der Waals surface area contributed by atoms with Crippen LogP contribution in [0.1, 0.15) is 5.56 Å². The molecule has 0 aliphatic carbocycles. The van der Waals surface area contributed by atoms with Crippen LogP contribution in [0.5, 0.6) is 6.01 Å². The minimum absolute atomic E-state index is 0.134. The highest BCUT2D eigenvalue weighted by Crippen LogP contribution is 2.17. The van der Waals surface area contributed by atoms with Crippen LogP contribution in [0.2, 0.25) is 5.28 Å². The predicted octanol–water partition coefficient (Wildman–Crippen LogP) is 1.94. The van der Waals surface area contributed by atoms with Gasteiger partial charge in [0.25, 0.3) is 0 Å². The van der Waals surface area contributed by atoms with Gasteiger partial charge in [-0.1, -0.05) is 30.3 Å². The van der Waals surface area contributed by atoms with E-state index in [0.29, 0.717) is 25.8 Å². The Morgan fingerprint density at radius 3 is 2.62 bits per heavy atom. The molecular weight excluding hydrogens is 292 g/mol. The highest BCUT2D eigenvalue weighted by Gasteiger charge is 2.16. The van der Waals surface area contributed by atoms with Gasteiger partial charge in [-0.05, 0) is 17.2 Å². The van der Waals surface area contributed by atoms with E-state index in [1.54, 1.807) is 0 Å². The molecule has 0 spiro atoms. The topological polar surface area (TPSA) is 60.4 Å². The Bertz CT molecular complexity index is 591. The fraction of sp³-hybridized carbons (Fsp3) is 0.357. The van der Waals surface area contributed by atoms with Gasteiger partial charge in [-0.2, -0.15) is 15.0 Å². The van der Waals surface area contributed by atoms with E-state index in [4.69, 9.17) is 21.1 Å². The minimum atomic E-state index is 0.134. The summed E-state index contributed by atoms with van der Waals surface area (Å²) in [5, 5.41) is 0.134. The molecule has 1 aromatic heterocycles. The van der Waals surface area contributed by atoms with Crippen LogP contribution in [0.3, 0.4) is 0 Å². The summed E-state index contributed by atoms with van der Waals surface area (Å²) in [5.74, 6) is 0.529. The van der Waals surface area contributed by atoms with Crippen LogP contribution in [0.4, 0.5) is 5.95 Å². The predicted molar refractivity (Wildman–Crippen MR) is 78.6 cm³/mol. The zero-order chi connectivity index (χ0) is 14.5. The lowest BCUT2D eigenvalue weighted by Crippen LogP contribution is -2.37. The lowest BCUT2D eigenvalue weighted by Gasteiger charge is -2.26. The monoisotopic (exact) mass is 306 g/mol. The first-order chi connectivity index (χ1) is 10.3. The van der Waals surface area contributed by atoms with Gasteiger partial charge in [0.15, 0.2) is 0 Å². The van der Waals surface area contributed by atoms with Crippen molar-refractivity contribution in [2.45, 2.75) is 6.61 Å². The molecular formula is C14H15ClN4O2. The van der Waals surface area contributed by atoms with E-state index < -0.39 is 0 Å². The standard InChI is InChI=1S/C14H15ClN4O2/c15-12-16-13(19-6-8-20-9-7-19)18-14(17-12)21-10-11-4-2-1-3-5-11/h1-5H,6-10H2. The molecule has 110 valence electrons. The van der Waals surface area contributed by atoms with Crippen LogP contribution in [0, 0.1) is 0 Å². The number of halogens is 1. The van der Waals surface area contributed by atoms with E-state index in [-0.39, 0.29) is 11.3 Å². The zero-order valence-electron chi connectivity index (χ0n) is 11.4. The Kier molecular flexibility index (Phi) is 4.47. The van der Waals surface area contributed by atoms with E-state index in [2.05, 4.69) is 15.0 Å². The summed E-state index contributed by atoms with van der Waals surface area (Å²) in [5.41, 5.74) is 1.04. The lowest BCUT2D eigenvalue weighted by molar-refractivity contribution is 0.122. The van der Waals surface area contributed by atoms with Gasteiger partial charge in [0.1, 0.15) is 6.61 Å². The van der Waals surface area contributed by atoms with E-state index in [0.717, 1.165) is 18.7 Å². The number of nitrogens with zero attached hydrogens (tertiary/aromatic N) is 4. The molecule has 1 saturated heterocycles. The average molecular weight is 307 g/mol. The Labute approximate surface area is 127 Å². The number of anilines is 1. The summed E-state index contributed by atoms with van der Waals surface area (Å²) in [6.07, 6.45) is 0. The van der Waals surface area contributed by atoms with Crippen LogP contribution in [-0.2, 0) is 11.3 Å². The summed E-state index contributed by atoms with van der Waals surface area (Å²) in [7, 11) is 0. The summed E-state index contributed by atoms with van der Waals surface area (Å²) in [6.45, 7) is 3.17. The molecule has 2 aromatic rings. The van der Waals surface area contributed by atoms with E-state index in [9.17, 15) is 0 Å². The van der Waals surface area contributed by atoms with Gasteiger partial charge in [-0.15, -0.1) is 0 Å². The quantitative estimate of drug-likeness (QED) is 0.860. The second-order valence-corrected chi connectivity index (χ2v) is 4.90. The van der Waals surface area contributed by atoms with Crippen LogP contribution in [0.15, 0.2) is 30.3 Å². The Morgan fingerprint density at radius 1 is 1.10 bits per heavy atom. The summed E-state index contributed by atoms with van der Waals surface area (Å²) < 4.78 is 10.9. The van der Waals surface area contributed by atoms with E-state index in [1.807, 2.05) is 35.2 Å². The molecule has 3 rings (SSSR count). The second kappa shape index (κ2) is 6.69. The summed E-state index contributed by atoms with van der Waals surface area (Å²) >= 11 is 5.95. The van der Waals surface area contributed by atoms with Gasteiger partial charge >= 0.3 is 6.01 Å². The highest BCUT2D eigenvalue weighted by molar-refractivity contribution is 6.28. The van der Waals surface area contributed by atoms with Crippen LogP contribution in [0.25, 0.3) is 0 Å². The third-order valence-corrected chi connectivity index (χ3v) is 3.25. The van der Waals surface area contributed by atoms with Crippen molar-refractivity contribution in [1.29, 1.82) is 0 Å². The number of rotatable bonds is 4. The van der Waals surface area contributed by atoms with Crippen molar-refractivity contribution in [2.24, 2.45) is 0 Å². The average Bonchev–Trinajstić information content (AvgIpc) is 2.54. The van der Waals surface area contributed by atoms with Gasteiger partial charge in [0.2, 0.25) is 11.2 Å². The molecule has 0 unspecified atom stereocenters. The molecule has 0 atom stereocenters.